The maximum Gasteiger partial charge on any atom is 0.225 e. The summed E-state index contributed by atoms with van der Waals surface area (Å²) in [5.41, 5.74) is 6.29. The lowest BCUT2D eigenvalue weighted by Gasteiger charge is -2.26. The van der Waals surface area contributed by atoms with Gasteiger partial charge in [0.15, 0.2) is 5.82 Å². The van der Waals surface area contributed by atoms with E-state index in [2.05, 4.69) is 5.10 Å². The fourth-order valence-corrected chi connectivity index (χ4v) is 1.64. The van der Waals surface area contributed by atoms with Crippen molar-refractivity contribution < 1.29 is 4.79 Å². The minimum atomic E-state index is 0.0214. The lowest BCUT2D eigenvalue weighted by Crippen LogP contribution is -2.36. The number of aromatic nitrogens is 2. The maximum atomic E-state index is 11.2. The van der Waals surface area contributed by atoms with E-state index in [9.17, 15) is 4.79 Å². The van der Waals surface area contributed by atoms with Gasteiger partial charge in [-0.05, 0) is 6.42 Å². The van der Waals surface area contributed by atoms with Crippen LogP contribution in [0.25, 0.3) is 0 Å². The van der Waals surface area contributed by atoms with Crippen LogP contribution in [0.1, 0.15) is 13.3 Å². The van der Waals surface area contributed by atoms with Crippen LogP contribution in [0, 0.1) is 0 Å². The summed E-state index contributed by atoms with van der Waals surface area (Å²) in [6, 6.07) is 0. The Morgan fingerprint density at radius 1 is 1.62 bits per heavy atom. The number of hydrogen-bond acceptors (Lipinski definition) is 3. The molecule has 70 valence electrons. The monoisotopic (exact) mass is 180 g/mol. The van der Waals surface area contributed by atoms with E-state index in [1.54, 1.807) is 22.7 Å². The summed E-state index contributed by atoms with van der Waals surface area (Å²) in [4.78, 5) is 12.9. The van der Waals surface area contributed by atoms with Crippen molar-refractivity contribution in [3.05, 3.63) is 6.20 Å². The number of anilines is 2. The Hall–Kier alpha value is -1.52. The highest BCUT2D eigenvalue weighted by Crippen LogP contribution is 2.26. The van der Waals surface area contributed by atoms with E-state index in [0.717, 1.165) is 25.3 Å². The Bertz CT molecular complexity index is 344. The van der Waals surface area contributed by atoms with Crippen molar-refractivity contribution >= 4 is 17.4 Å². The third kappa shape index (κ3) is 1.16. The summed E-state index contributed by atoms with van der Waals surface area (Å²) >= 11 is 0. The quantitative estimate of drug-likeness (QED) is 0.621. The Balaban J connectivity index is 2.46. The number of fused-ring (bicyclic) bond motifs is 1. The average molecular weight is 180 g/mol. The van der Waals surface area contributed by atoms with Gasteiger partial charge in [0.2, 0.25) is 5.91 Å². The van der Waals surface area contributed by atoms with E-state index in [1.807, 2.05) is 0 Å². The van der Waals surface area contributed by atoms with Crippen LogP contribution in [-0.4, -0.2) is 22.2 Å². The third-order valence-corrected chi connectivity index (χ3v) is 2.23. The number of nitrogens with zero attached hydrogens (tertiary/aromatic N) is 3. The van der Waals surface area contributed by atoms with Crippen LogP contribution in [-0.2, 0) is 11.3 Å². The zero-order valence-electron chi connectivity index (χ0n) is 7.53. The first-order valence-electron chi connectivity index (χ1n) is 4.29. The molecule has 0 bridgehead atoms. The topological polar surface area (TPSA) is 64.2 Å². The Kier molecular flexibility index (Phi) is 1.72. The Morgan fingerprint density at radius 2 is 2.38 bits per heavy atom. The van der Waals surface area contributed by atoms with Crippen LogP contribution in [0.2, 0.25) is 0 Å². The van der Waals surface area contributed by atoms with Gasteiger partial charge in [-0.1, -0.05) is 0 Å². The van der Waals surface area contributed by atoms with E-state index in [1.165, 1.54) is 0 Å². The normalized spacial score (nSPS) is 15.6. The van der Waals surface area contributed by atoms with Crippen molar-refractivity contribution in [3.8, 4) is 0 Å². The molecule has 1 aliphatic heterocycles. The minimum Gasteiger partial charge on any atom is -0.394 e. The fourth-order valence-electron chi connectivity index (χ4n) is 1.64. The summed E-state index contributed by atoms with van der Waals surface area (Å²) in [7, 11) is 0. The molecule has 0 atom stereocenters. The van der Waals surface area contributed by atoms with Crippen molar-refractivity contribution in [3.63, 3.8) is 0 Å². The maximum absolute atomic E-state index is 11.2. The molecule has 1 aromatic rings. The van der Waals surface area contributed by atoms with E-state index in [4.69, 9.17) is 5.73 Å². The number of nitrogen functional groups attached to an aromatic ring is 1. The van der Waals surface area contributed by atoms with Gasteiger partial charge < -0.3 is 5.73 Å². The third-order valence-electron chi connectivity index (χ3n) is 2.23. The van der Waals surface area contributed by atoms with Crippen LogP contribution in [0.4, 0.5) is 11.5 Å². The van der Waals surface area contributed by atoms with Gasteiger partial charge in [0.05, 0.1) is 11.9 Å². The molecule has 2 rings (SSSR count). The summed E-state index contributed by atoms with van der Waals surface area (Å²) in [5.74, 6) is 0.770. The molecular formula is C8H12N4O. The summed E-state index contributed by atoms with van der Waals surface area (Å²) in [6.07, 6.45) is 2.53. The van der Waals surface area contributed by atoms with E-state index >= 15 is 0 Å². The molecule has 1 aliphatic rings. The van der Waals surface area contributed by atoms with Crippen LogP contribution < -0.4 is 10.6 Å². The lowest BCUT2D eigenvalue weighted by molar-refractivity contribution is -0.116. The molecule has 5 nitrogen and oxygen atoms in total. The highest BCUT2D eigenvalue weighted by atomic mass is 16.2. The molecule has 1 amide bonds. The fraction of sp³-hybridized carbons (Fsp3) is 0.500. The summed E-state index contributed by atoms with van der Waals surface area (Å²) in [5, 5.41) is 4.09. The Morgan fingerprint density at radius 3 is 3.08 bits per heavy atom. The number of amides is 1. The van der Waals surface area contributed by atoms with Gasteiger partial charge in [0.25, 0.3) is 0 Å². The molecule has 5 heteroatoms. The zero-order chi connectivity index (χ0) is 9.42. The average Bonchev–Trinajstić information content (AvgIpc) is 2.48. The molecule has 0 spiro atoms. The molecule has 0 saturated heterocycles. The molecule has 2 heterocycles. The minimum absolute atomic E-state index is 0.0214. The highest BCUT2D eigenvalue weighted by molar-refractivity contribution is 5.93. The van der Waals surface area contributed by atoms with Crippen LogP contribution >= 0.6 is 0 Å². The van der Waals surface area contributed by atoms with Gasteiger partial charge in [-0.3, -0.25) is 9.69 Å². The smallest absolute Gasteiger partial charge is 0.225 e. The molecule has 0 aliphatic carbocycles. The largest absolute Gasteiger partial charge is 0.394 e. The predicted octanol–water partition coefficient (Wildman–Crippen LogP) is 0.222. The lowest BCUT2D eigenvalue weighted by atomic mass is 10.3. The van der Waals surface area contributed by atoms with Crippen molar-refractivity contribution in [2.45, 2.75) is 19.9 Å². The highest BCUT2D eigenvalue weighted by Gasteiger charge is 2.22. The first-order chi connectivity index (χ1) is 6.20. The molecule has 0 fully saturated rings. The first-order valence-corrected chi connectivity index (χ1v) is 4.29. The number of nitrogens with two attached hydrogens (primary N) is 1. The molecule has 0 radical (unpaired) electrons. The van der Waals surface area contributed by atoms with Gasteiger partial charge in [0, 0.05) is 20.0 Å². The molecule has 0 saturated carbocycles. The van der Waals surface area contributed by atoms with Crippen LogP contribution in [0.5, 0.6) is 0 Å². The molecule has 1 aromatic heterocycles. The SMILES string of the molecule is CC(=O)N1CCCn2ncc(N)c21. The first kappa shape index (κ1) is 8.10. The van der Waals surface area contributed by atoms with Crippen molar-refractivity contribution in [1.82, 2.24) is 9.78 Å². The second-order valence-electron chi connectivity index (χ2n) is 3.17. The molecule has 13 heavy (non-hydrogen) atoms. The molecule has 2 N–H and O–H groups in total. The number of carbonyl (C=O) groups excluding carboxylic acids is 1. The molecule has 0 unspecified atom stereocenters. The standard InChI is InChI=1S/C8H12N4O/c1-6(13)11-3-2-4-12-8(11)7(9)5-10-12/h5H,2-4,9H2,1H3. The van der Waals surface area contributed by atoms with Crippen LogP contribution in [0.15, 0.2) is 6.20 Å². The summed E-state index contributed by atoms with van der Waals surface area (Å²) in [6.45, 7) is 3.13. The molecule has 0 aromatic carbocycles. The number of hydrogen-bond donors (Lipinski definition) is 1. The zero-order valence-corrected chi connectivity index (χ0v) is 7.53. The van der Waals surface area contributed by atoms with Gasteiger partial charge in [-0.2, -0.15) is 5.10 Å². The number of carbonyl (C=O) groups is 1. The van der Waals surface area contributed by atoms with Gasteiger partial charge in [-0.25, -0.2) is 4.68 Å². The van der Waals surface area contributed by atoms with Crippen molar-refractivity contribution in [2.24, 2.45) is 0 Å². The van der Waals surface area contributed by atoms with E-state index < -0.39 is 0 Å². The van der Waals surface area contributed by atoms with Gasteiger partial charge in [-0.15, -0.1) is 0 Å². The van der Waals surface area contributed by atoms with Gasteiger partial charge in [0.1, 0.15) is 0 Å². The van der Waals surface area contributed by atoms with Gasteiger partial charge >= 0.3 is 0 Å². The second-order valence-corrected chi connectivity index (χ2v) is 3.17. The van der Waals surface area contributed by atoms with E-state index in [0.29, 0.717) is 5.69 Å². The number of aryl methyl sites for hydroxylation is 1. The number of rotatable bonds is 0. The van der Waals surface area contributed by atoms with E-state index in [-0.39, 0.29) is 5.91 Å². The second kappa shape index (κ2) is 2.76. The molecular weight excluding hydrogens is 168 g/mol. The van der Waals surface area contributed by atoms with Crippen molar-refractivity contribution in [2.75, 3.05) is 17.2 Å². The predicted molar refractivity (Wildman–Crippen MR) is 49.3 cm³/mol. The Labute approximate surface area is 76.1 Å². The summed E-state index contributed by atoms with van der Waals surface area (Å²) < 4.78 is 1.78. The van der Waals surface area contributed by atoms with Crippen molar-refractivity contribution in [1.29, 1.82) is 0 Å². The van der Waals surface area contributed by atoms with Crippen LogP contribution in [0.3, 0.4) is 0 Å².